The van der Waals surface area contributed by atoms with Gasteiger partial charge in [-0.2, -0.15) is 0 Å². The first-order chi connectivity index (χ1) is 9.58. The zero-order chi connectivity index (χ0) is 14.5. The van der Waals surface area contributed by atoms with Crippen molar-refractivity contribution in [2.45, 2.75) is 25.9 Å². The smallest absolute Gasteiger partial charge is 0.221 e. The largest absolute Gasteiger partial charge is 0.388 e. The standard InChI is InChI=1S/C17H19NO2/c1-12-6-2-5-9-15(12)16(19)10-13-7-3-4-8-14(13)11-17(18)20/h2-9,16,19H,10-11H2,1H3,(H2,18,20). The van der Waals surface area contributed by atoms with Crippen LogP contribution in [0.25, 0.3) is 0 Å². The number of aliphatic hydroxyl groups is 1. The second-order valence-corrected chi connectivity index (χ2v) is 4.99. The molecule has 0 heterocycles. The molecule has 1 amide bonds. The maximum Gasteiger partial charge on any atom is 0.221 e. The van der Waals surface area contributed by atoms with Crippen molar-refractivity contribution < 1.29 is 9.90 Å². The third-order valence-electron chi connectivity index (χ3n) is 3.44. The maximum absolute atomic E-state index is 11.1. The Bertz CT molecular complexity index is 607. The molecule has 2 aromatic carbocycles. The lowest BCUT2D eigenvalue weighted by Gasteiger charge is -2.15. The number of aliphatic hydroxyl groups excluding tert-OH is 1. The van der Waals surface area contributed by atoms with Gasteiger partial charge in [0.2, 0.25) is 5.91 Å². The second-order valence-electron chi connectivity index (χ2n) is 4.99. The number of hydrogen-bond acceptors (Lipinski definition) is 2. The van der Waals surface area contributed by atoms with E-state index < -0.39 is 6.10 Å². The normalized spacial score (nSPS) is 12.1. The molecule has 0 aliphatic rings. The highest BCUT2D eigenvalue weighted by molar-refractivity contribution is 5.77. The first-order valence-electron chi connectivity index (χ1n) is 6.66. The average molecular weight is 269 g/mol. The molecule has 104 valence electrons. The van der Waals surface area contributed by atoms with Crippen LogP contribution >= 0.6 is 0 Å². The molecule has 20 heavy (non-hydrogen) atoms. The third kappa shape index (κ3) is 3.45. The number of nitrogens with two attached hydrogens (primary N) is 1. The van der Waals surface area contributed by atoms with E-state index in [1.54, 1.807) is 0 Å². The SMILES string of the molecule is Cc1ccccc1C(O)Cc1ccccc1CC(N)=O. The average Bonchev–Trinajstić information content (AvgIpc) is 2.41. The van der Waals surface area contributed by atoms with Crippen LogP contribution in [-0.2, 0) is 17.6 Å². The Hall–Kier alpha value is -2.13. The summed E-state index contributed by atoms with van der Waals surface area (Å²) >= 11 is 0. The molecule has 1 atom stereocenters. The quantitative estimate of drug-likeness (QED) is 0.874. The Labute approximate surface area is 119 Å². The summed E-state index contributed by atoms with van der Waals surface area (Å²) in [6.45, 7) is 1.98. The zero-order valence-electron chi connectivity index (χ0n) is 11.5. The molecule has 0 radical (unpaired) electrons. The summed E-state index contributed by atoms with van der Waals surface area (Å²) in [5.74, 6) is -0.358. The Morgan fingerprint density at radius 1 is 1.10 bits per heavy atom. The van der Waals surface area contributed by atoms with Gasteiger partial charge in [-0.15, -0.1) is 0 Å². The molecule has 0 spiro atoms. The van der Waals surface area contributed by atoms with Gasteiger partial charge in [0.1, 0.15) is 0 Å². The molecular weight excluding hydrogens is 250 g/mol. The van der Waals surface area contributed by atoms with E-state index in [0.717, 1.165) is 22.3 Å². The predicted molar refractivity (Wildman–Crippen MR) is 79.2 cm³/mol. The number of primary amides is 1. The van der Waals surface area contributed by atoms with Gasteiger partial charge in [0, 0.05) is 6.42 Å². The summed E-state index contributed by atoms with van der Waals surface area (Å²) < 4.78 is 0. The molecule has 1 unspecified atom stereocenters. The summed E-state index contributed by atoms with van der Waals surface area (Å²) in [6.07, 6.45) is 0.107. The minimum absolute atomic E-state index is 0.205. The summed E-state index contributed by atoms with van der Waals surface area (Å²) in [5, 5.41) is 10.4. The molecule has 3 heteroatoms. The van der Waals surface area contributed by atoms with E-state index in [-0.39, 0.29) is 12.3 Å². The maximum atomic E-state index is 11.1. The molecule has 0 saturated heterocycles. The highest BCUT2D eigenvalue weighted by Crippen LogP contribution is 2.23. The first-order valence-corrected chi connectivity index (χ1v) is 6.66. The van der Waals surface area contributed by atoms with Crippen LogP contribution in [0.5, 0.6) is 0 Å². The van der Waals surface area contributed by atoms with Crippen LogP contribution in [-0.4, -0.2) is 11.0 Å². The monoisotopic (exact) mass is 269 g/mol. The van der Waals surface area contributed by atoms with Crippen LogP contribution in [0.15, 0.2) is 48.5 Å². The summed E-state index contributed by atoms with van der Waals surface area (Å²) in [6, 6.07) is 15.4. The van der Waals surface area contributed by atoms with E-state index >= 15 is 0 Å². The molecule has 0 fully saturated rings. The van der Waals surface area contributed by atoms with Gasteiger partial charge >= 0.3 is 0 Å². The van der Waals surface area contributed by atoms with E-state index in [0.29, 0.717) is 6.42 Å². The van der Waals surface area contributed by atoms with Gasteiger partial charge in [-0.3, -0.25) is 4.79 Å². The lowest BCUT2D eigenvalue weighted by Crippen LogP contribution is -2.15. The van der Waals surface area contributed by atoms with E-state index in [4.69, 9.17) is 5.73 Å². The molecule has 2 aromatic rings. The van der Waals surface area contributed by atoms with E-state index in [1.807, 2.05) is 55.5 Å². The van der Waals surface area contributed by atoms with Crippen molar-refractivity contribution in [1.29, 1.82) is 0 Å². The van der Waals surface area contributed by atoms with E-state index in [1.165, 1.54) is 0 Å². The predicted octanol–water partition coefficient (Wildman–Crippen LogP) is 2.30. The van der Waals surface area contributed by atoms with Gasteiger partial charge in [-0.25, -0.2) is 0 Å². The fourth-order valence-corrected chi connectivity index (χ4v) is 2.40. The van der Waals surface area contributed by atoms with Crippen LogP contribution in [0, 0.1) is 6.92 Å². The number of carbonyl (C=O) groups is 1. The number of amides is 1. The fourth-order valence-electron chi connectivity index (χ4n) is 2.40. The lowest BCUT2D eigenvalue weighted by molar-refractivity contribution is -0.117. The van der Waals surface area contributed by atoms with Crippen molar-refractivity contribution >= 4 is 5.91 Å². The van der Waals surface area contributed by atoms with Gasteiger partial charge in [0.25, 0.3) is 0 Å². The van der Waals surface area contributed by atoms with Crippen LogP contribution in [0.3, 0.4) is 0 Å². The second kappa shape index (κ2) is 6.35. The summed E-state index contributed by atoms with van der Waals surface area (Å²) in [5.41, 5.74) is 9.08. The summed E-state index contributed by atoms with van der Waals surface area (Å²) in [7, 11) is 0. The van der Waals surface area contributed by atoms with Gasteiger partial charge in [0.15, 0.2) is 0 Å². The van der Waals surface area contributed by atoms with Crippen molar-refractivity contribution in [2.24, 2.45) is 5.73 Å². The Balaban J connectivity index is 2.22. The Kier molecular flexibility index (Phi) is 4.53. The number of aryl methyl sites for hydroxylation is 1. The van der Waals surface area contributed by atoms with Crippen molar-refractivity contribution in [3.05, 3.63) is 70.8 Å². The topological polar surface area (TPSA) is 63.3 Å². The van der Waals surface area contributed by atoms with Gasteiger partial charge < -0.3 is 10.8 Å². The fraction of sp³-hybridized carbons (Fsp3) is 0.235. The minimum Gasteiger partial charge on any atom is -0.388 e. The number of rotatable bonds is 5. The Morgan fingerprint density at radius 2 is 1.70 bits per heavy atom. The zero-order valence-corrected chi connectivity index (χ0v) is 11.5. The van der Waals surface area contributed by atoms with Gasteiger partial charge in [-0.05, 0) is 29.2 Å². The number of hydrogen-bond donors (Lipinski definition) is 2. The molecule has 0 aromatic heterocycles. The van der Waals surface area contributed by atoms with Gasteiger partial charge in [-0.1, -0.05) is 48.5 Å². The van der Waals surface area contributed by atoms with Crippen molar-refractivity contribution in [3.63, 3.8) is 0 Å². The molecule has 0 aliphatic heterocycles. The van der Waals surface area contributed by atoms with Crippen LogP contribution in [0.4, 0.5) is 0 Å². The molecule has 3 N–H and O–H groups in total. The first kappa shape index (κ1) is 14.3. The van der Waals surface area contributed by atoms with Crippen molar-refractivity contribution in [1.82, 2.24) is 0 Å². The summed E-state index contributed by atoms with van der Waals surface area (Å²) in [4.78, 5) is 11.1. The van der Waals surface area contributed by atoms with E-state index in [9.17, 15) is 9.90 Å². The molecular formula is C17H19NO2. The third-order valence-corrected chi connectivity index (χ3v) is 3.44. The molecule has 2 rings (SSSR count). The van der Waals surface area contributed by atoms with Crippen molar-refractivity contribution in [3.8, 4) is 0 Å². The van der Waals surface area contributed by atoms with Crippen molar-refractivity contribution in [2.75, 3.05) is 0 Å². The molecule has 0 aliphatic carbocycles. The van der Waals surface area contributed by atoms with Crippen LogP contribution in [0.2, 0.25) is 0 Å². The highest BCUT2D eigenvalue weighted by Gasteiger charge is 2.13. The lowest BCUT2D eigenvalue weighted by atomic mass is 9.94. The molecule has 0 bridgehead atoms. The number of benzene rings is 2. The van der Waals surface area contributed by atoms with Gasteiger partial charge in [0.05, 0.1) is 12.5 Å². The van der Waals surface area contributed by atoms with E-state index in [2.05, 4.69) is 0 Å². The van der Waals surface area contributed by atoms with Crippen LogP contribution in [0.1, 0.15) is 28.4 Å². The Morgan fingerprint density at radius 3 is 2.35 bits per heavy atom. The number of carbonyl (C=O) groups excluding carboxylic acids is 1. The van der Waals surface area contributed by atoms with Crippen LogP contribution < -0.4 is 5.73 Å². The highest BCUT2D eigenvalue weighted by atomic mass is 16.3. The molecule has 3 nitrogen and oxygen atoms in total. The minimum atomic E-state index is -0.578. The molecule has 0 saturated carbocycles.